The van der Waals surface area contributed by atoms with E-state index in [2.05, 4.69) is 45.4 Å². The molecular weight excluding hydrogens is 376 g/mol. The fourth-order valence-corrected chi connectivity index (χ4v) is 4.50. The monoisotopic (exact) mass is 412 g/mol. The molecule has 1 N–H and O–H groups in total. The number of ether oxygens (including phenoxy) is 1. The van der Waals surface area contributed by atoms with Gasteiger partial charge in [0.2, 0.25) is 9.76 Å². The van der Waals surface area contributed by atoms with Gasteiger partial charge in [-0.2, -0.15) is 11.3 Å². The molecule has 0 aromatic carbocycles. The molecule has 154 valence electrons. The normalized spacial score (nSPS) is 15.0. The van der Waals surface area contributed by atoms with Gasteiger partial charge in [-0.3, -0.25) is 4.79 Å². The van der Waals surface area contributed by atoms with E-state index >= 15 is 0 Å². The molecule has 1 heterocycles. The van der Waals surface area contributed by atoms with E-state index in [1.54, 1.807) is 18.3 Å². The number of aliphatic hydroxyl groups is 1. The highest BCUT2D eigenvalue weighted by molar-refractivity contribution is 7.08. The molecule has 1 aromatic rings. The Labute approximate surface area is 171 Å². The summed E-state index contributed by atoms with van der Waals surface area (Å²) in [5, 5.41) is 15.5. The van der Waals surface area contributed by atoms with E-state index in [0.717, 1.165) is 0 Å². The van der Waals surface area contributed by atoms with Crippen molar-refractivity contribution in [3.8, 4) is 0 Å². The molecule has 0 bridgehead atoms. The summed E-state index contributed by atoms with van der Waals surface area (Å²) in [6.07, 6.45) is 1.26. The molecule has 1 aromatic heterocycles. The lowest BCUT2D eigenvalue weighted by atomic mass is 9.81. The van der Waals surface area contributed by atoms with Gasteiger partial charge in [-0.25, -0.2) is 0 Å². The van der Waals surface area contributed by atoms with Crippen molar-refractivity contribution in [1.82, 2.24) is 0 Å². The van der Waals surface area contributed by atoms with Crippen LogP contribution in [0.2, 0.25) is 5.04 Å². The van der Waals surface area contributed by atoms with Gasteiger partial charge in [0, 0.05) is 0 Å². The summed E-state index contributed by atoms with van der Waals surface area (Å²) in [4.78, 5) is 11.9. The summed E-state index contributed by atoms with van der Waals surface area (Å²) in [5.74, 6) is -0.370. The Hall–Kier alpha value is -0.693. The zero-order valence-electron chi connectivity index (χ0n) is 18.1. The molecule has 0 saturated heterocycles. The molecule has 27 heavy (non-hydrogen) atoms. The van der Waals surface area contributed by atoms with Crippen molar-refractivity contribution in [2.75, 3.05) is 6.61 Å². The molecule has 0 aliphatic rings. The summed E-state index contributed by atoms with van der Waals surface area (Å²) in [5.41, 5.74) is 0.917. The highest BCUT2D eigenvalue weighted by atomic mass is 32.1. The first-order chi connectivity index (χ1) is 12.3. The van der Waals surface area contributed by atoms with Crippen molar-refractivity contribution in [2.24, 2.45) is 5.92 Å². The average molecular weight is 413 g/mol. The zero-order chi connectivity index (χ0) is 20.9. The zero-order valence-corrected chi connectivity index (χ0v) is 20.0. The van der Waals surface area contributed by atoms with E-state index < -0.39 is 5.60 Å². The van der Waals surface area contributed by atoms with Crippen molar-refractivity contribution in [3.05, 3.63) is 21.9 Å². The Kier molecular flexibility index (Phi) is 8.73. The lowest BCUT2D eigenvalue weighted by Crippen LogP contribution is -2.38. The van der Waals surface area contributed by atoms with Gasteiger partial charge in [-0.1, -0.05) is 34.6 Å². The molecule has 0 aliphatic carbocycles. The van der Waals surface area contributed by atoms with Crippen LogP contribution in [0.3, 0.4) is 0 Å². The number of hydrogen-bond acceptors (Lipinski definition) is 5. The van der Waals surface area contributed by atoms with Crippen molar-refractivity contribution in [3.63, 3.8) is 0 Å². The predicted molar refractivity (Wildman–Crippen MR) is 113 cm³/mol. The van der Waals surface area contributed by atoms with E-state index in [1.807, 2.05) is 13.8 Å². The Morgan fingerprint density at radius 3 is 2.37 bits per heavy atom. The Morgan fingerprint density at radius 2 is 1.85 bits per heavy atom. The van der Waals surface area contributed by atoms with Gasteiger partial charge in [0.15, 0.2) is 0 Å². The van der Waals surface area contributed by atoms with Gasteiger partial charge in [0.1, 0.15) is 0 Å². The molecule has 1 rings (SSSR count). The molecule has 0 aliphatic heterocycles. The maximum atomic E-state index is 11.9. The summed E-state index contributed by atoms with van der Waals surface area (Å²) < 4.78 is 11.3. The lowest BCUT2D eigenvalue weighted by Gasteiger charge is -2.33. The Bertz CT molecular complexity index is 604. The molecule has 4 nitrogen and oxygen atoms in total. The minimum Gasteiger partial charge on any atom is -0.466 e. The molecule has 0 fully saturated rings. The van der Waals surface area contributed by atoms with Gasteiger partial charge >= 0.3 is 5.97 Å². The first-order valence-corrected chi connectivity index (χ1v) is 11.5. The highest BCUT2D eigenvalue weighted by Gasteiger charge is 2.35. The Morgan fingerprint density at radius 1 is 1.22 bits per heavy atom. The van der Waals surface area contributed by atoms with Gasteiger partial charge in [0.05, 0.1) is 24.2 Å². The fraction of sp³-hybridized carbons (Fsp3) is 0.762. The number of rotatable bonds is 10. The van der Waals surface area contributed by atoms with Gasteiger partial charge in [-0.05, 0) is 66.5 Å². The van der Waals surface area contributed by atoms with Gasteiger partial charge in [0.25, 0.3) is 0 Å². The SMILES string of the molecule is CCOC(=O)CC(O)(CCc1cscc1C(C)(C)O[Si]C(C)(C)C)C(C)C. The predicted octanol–water partition coefficient (Wildman–Crippen LogP) is 5.11. The highest BCUT2D eigenvalue weighted by Crippen LogP contribution is 2.35. The number of thiophene rings is 1. The lowest BCUT2D eigenvalue weighted by molar-refractivity contribution is -0.151. The number of carbonyl (C=O) groups is 1. The summed E-state index contributed by atoms with van der Waals surface area (Å²) in [6.45, 7) is 16.7. The first kappa shape index (κ1) is 24.3. The third-order valence-electron chi connectivity index (χ3n) is 4.66. The maximum absolute atomic E-state index is 11.9. The van der Waals surface area contributed by atoms with Crippen LogP contribution < -0.4 is 0 Å². The van der Waals surface area contributed by atoms with Crippen LogP contribution >= 0.6 is 11.3 Å². The van der Waals surface area contributed by atoms with Gasteiger partial charge in [-0.15, -0.1) is 0 Å². The average Bonchev–Trinajstić information content (AvgIpc) is 3.00. The second-order valence-electron chi connectivity index (χ2n) is 9.02. The van der Waals surface area contributed by atoms with Crippen molar-refractivity contribution in [2.45, 2.75) is 90.9 Å². The van der Waals surface area contributed by atoms with Crippen LogP contribution in [0.4, 0.5) is 0 Å². The number of aryl methyl sites for hydroxylation is 1. The molecule has 1 atom stereocenters. The van der Waals surface area contributed by atoms with E-state index in [-0.39, 0.29) is 28.9 Å². The van der Waals surface area contributed by atoms with Crippen molar-refractivity contribution >= 4 is 27.1 Å². The molecule has 6 heteroatoms. The van der Waals surface area contributed by atoms with Gasteiger partial charge < -0.3 is 14.3 Å². The van der Waals surface area contributed by atoms with E-state index in [9.17, 15) is 9.90 Å². The molecule has 0 amide bonds. The van der Waals surface area contributed by atoms with Crippen LogP contribution in [0.5, 0.6) is 0 Å². The van der Waals surface area contributed by atoms with E-state index in [1.165, 1.54) is 11.1 Å². The van der Waals surface area contributed by atoms with Crippen LogP contribution in [0.1, 0.15) is 79.4 Å². The second-order valence-corrected chi connectivity index (χ2v) is 11.7. The van der Waals surface area contributed by atoms with Crippen LogP contribution in [0.25, 0.3) is 0 Å². The summed E-state index contributed by atoms with van der Waals surface area (Å²) in [6, 6.07) is 0. The van der Waals surface area contributed by atoms with Crippen molar-refractivity contribution in [1.29, 1.82) is 0 Å². The summed E-state index contributed by atoms with van der Waals surface area (Å²) >= 11 is 1.66. The first-order valence-electron chi connectivity index (χ1n) is 9.69. The molecular formula is C21H36O4SSi. The van der Waals surface area contributed by atoms with Crippen LogP contribution in [0, 0.1) is 5.92 Å². The van der Waals surface area contributed by atoms with Crippen LogP contribution in [0.15, 0.2) is 10.8 Å². The number of carbonyl (C=O) groups excluding carboxylic acids is 1. The topological polar surface area (TPSA) is 55.8 Å². The largest absolute Gasteiger partial charge is 0.466 e. The number of esters is 1. The molecule has 0 spiro atoms. The third-order valence-corrected chi connectivity index (χ3v) is 6.68. The standard InChI is InChI=1S/C21H36O4SSi/c1-9-24-18(22)12-21(23,15(2)3)11-10-16-13-26-14-17(16)20(7,8)25-27-19(4,5)6/h13-15,23H,9-12H2,1-8H3. The Balaban J connectivity index is 2.88. The quantitative estimate of drug-likeness (QED) is 0.428. The minimum atomic E-state index is -1.07. The second kappa shape index (κ2) is 9.68. The maximum Gasteiger partial charge on any atom is 0.308 e. The molecule has 0 saturated carbocycles. The fourth-order valence-electron chi connectivity index (χ4n) is 2.78. The van der Waals surface area contributed by atoms with Crippen molar-refractivity contribution < 1.29 is 19.1 Å². The van der Waals surface area contributed by atoms with Crippen LogP contribution in [-0.2, 0) is 26.0 Å². The molecule has 1 unspecified atom stereocenters. The smallest absolute Gasteiger partial charge is 0.308 e. The molecule has 2 radical (unpaired) electrons. The third kappa shape index (κ3) is 7.68. The van der Waals surface area contributed by atoms with E-state index in [4.69, 9.17) is 9.16 Å². The van der Waals surface area contributed by atoms with E-state index in [0.29, 0.717) is 29.2 Å². The van der Waals surface area contributed by atoms with Crippen LogP contribution in [-0.4, -0.2) is 33.0 Å². The summed E-state index contributed by atoms with van der Waals surface area (Å²) in [7, 11) is 0.405. The number of hydrogen-bond donors (Lipinski definition) is 1. The minimum absolute atomic E-state index is 0.0310.